The fourth-order valence-electron chi connectivity index (χ4n) is 9.14. The summed E-state index contributed by atoms with van der Waals surface area (Å²) in [5.41, 5.74) is 0. The normalized spacial score (nSPS) is 13.0. The Morgan fingerprint density at radius 2 is 0.481 bits per heavy atom. The topological polar surface area (TPSA) is 78.9 Å². The lowest BCUT2D eigenvalue weighted by molar-refractivity contribution is -0.167. The molecule has 0 fully saturated rings. The van der Waals surface area contributed by atoms with E-state index in [1.807, 2.05) is 0 Å². The Hall–Kier alpha value is -4.45. The molecule has 6 heteroatoms. The molecule has 0 bridgehead atoms. The number of unbranched alkanes of at least 4 members (excludes halogenated alkanes) is 27. The number of esters is 3. The Labute approximate surface area is 500 Å². The third-order valence-corrected chi connectivity index (χ3v) is 14.1. The fourth-order valence-corrected chi connectivity index (χ4v) is 9.14. The van der Waals surface area contributed by atoms with Crippen molar-refractivity contribution >= 4 is 17.9 Å². The van der Waals surface area contributed by atoms with Gasteiger partial charge in [-0.15, -0.1) is 0 Å². The molecule has 0 aliphatic rings. The SMILES string of the molecule is CC/C=C\C/C=C\C/C=C\C/C=C\C/C=C\CCCCCCCCCCCC(=O)OCC(COC(=O)CCCCCCCCC/C=C\C/C=C\CCCCC)OC(=O)CCCCCCCCCC/C=C\C/C=C\C/C=C\C/C=C\CC. The predicted octanol–water partition coefficient (Wildman–Crippen LogP) is 23.3. The van der Waals surface area contributed by atoms with Gasteiger partial charge in [0.05, 0.1) is 0 Å². The van der Waals surface area contributed by atoms with Gasteiger partial charge in [-0.3, -0.25) is 14.4 Å². The summed E-state index contributed by atoms with van der Waals surface area (Å²) in [7, 11) is 0. The zero-order valence-corrected chi connectivity index (χ0v) is 52.8. The van der Waals surface area contributed by atoms with Crippen LogP contribution in [-0.2, 0) is 28.6 Å². The summed E-state index contributed by atoms with van der Waals surface area (Å²) in [6, 6.07) is 0. The van der Waals surface area contributed by atoms with E-state index in [1.54, 1.807) is 0 Å². The molecule has 0 aromatic rings. The number of carbonyl (C=O) groups is 3. The molecule has 0 aliphatic carbocycles. The van der Waals surface area contributed by atoms with Crippen molar-refractivity contribution in [3.05, 3.63) is 134 Å². The van der Waals surface area contributed by atoms with Gasteiger partial charge in [0.1, 0.15) is 13.2 Å². The standard InChI is InChI=1S/C75H124O6/c1-4-7-10-13-16-19-22-25-28-31-33-35-36-37-38-40-41-44-47-50-53-56-59-62-65-68-74(77)80-71-72(70-79-73(76)67-64-61-58-55-52-49-46-43-30-27-24-21-18-15-12-9-6-3)81-75(78)69-66-63-60-57-54-51-48-45-42-39-34-32-29-26-23-20-17-14-11-8-5-2/h7-8,10-11,16-21,25-30,33-35,37-39,72H,4-6,9,12-15,22-24,31-32,36,40-71H2,1-3H3/b10-7-,11-8-,19-16-,20-17-,21-18-,28-25-,29-26-,30-27-,35-33-,38-37-,39-34-. The van der Waals surface area contributed by atoms with Gasteiger partial charge in [0.25, 0.3) is 0 Å². The highest BCUT2D eigenvalue weighted by Gasteiger charge is 2.19. The summed E-state index contributed by atoms with van der Waals surface area (Å²) in [6.07, 6.45) is 95.9. The van der Waals surface area contributed by atoms with E-state index in [1.165, 1.54) is 122 Å². The van der Waals surface area contributed by atoms with Gasteiger partial charge in [0.15, 0.2) is 6.10 Å². The van der Waals surface area contributed by atoms with Crippen molar-refractivity contribution in [2.45, 2.75) is 309 Å². The zero-order valence-electron chi connectivity index (χ0n) is 52.8. The second-order valence-corrected chi connectivity index (χ2v) is 22.0. The van der Waals surface area contributed by atoms with E-state index in [9.17, 15) is 14.4 Å². The van der Waals surface area contributed by atoms with Gasteiger partial charge < -0.3 is 14.2 Å². The minimum atomic E-state index is -0.795. The van der Waals surface area contributed by atoms with Crippen LogP contribution in [-0.4, -0.2) is 37.2 Å². The highest BCUT2D eigenvalue weighted by molar-refractivity contribution is 5.71. The van der Waals surface area contributed by atoms with Gasteiger partial charge >= 0.3 is 17.9 Å². The van der Waals surface area contributed by atoms with Gasteiger partial charge in [0, 0.05) is 19.3 Å². The third kappa shape index (κ3) is 66.2. The maximum atomic E-state index is 13.0. The second-order valence-electron chi connectivity index (χ2n) is 22.0. The molecule has 1 unspecified atom stereocenters. The van der Waals surface area contributed by atoms with Crippen LogP contribution in [0.3, 0.4) is 0 Å². The van der Waals surface area contributed by atoms with Crippen LogP contribution >= 0.6 is 0 Å². The van der Waals surface area contributed by atoms with E-state index in [0.717, 1.165) is 141 Å². The molecule has 0 aliphatic heterocycles. The lowest BCUT2D eigenvalue weighted by atomic mass is 10.1. The molecule has 0 spiro atoms. The highest BCUT2D eigenvalue weighted by Crippen LogP contribution is 2.16. The van der Waals surface area contributed by atoms with Crippen LogP contribution in [0.1, 0.15) is 303 Å². The minimum Gasteiger partial charge on any atom is -0.462 e. The van der Waals surface area contributed by atoms with Crippen LogP contribution in [0.5, 0.6) is 0 Å². The first-order chi connectivity index (χ1) is 40.0. The first-order valence-electron chi connectivity index (χ1n) is 33.7. The van der Waals surface area contributed by atoms with Gasteiger partial charge in [0.2, 0.25) is 0 Å². The average Bonchev–Trinajstić information content (AvgIpc) is 3.47. The van der Waals surface area contributed by atoms with E-state index in [4.69, 9.17) is 14.2 Å². The third-order valence-electron chi connectivity index (χ3n) is 14.1. The summed E-state index contributed by atoms with van der Waals surface area (Å²) in [5, 5.41) is 0. The molecular formula is C75H124O6. The van der Waals surface area contributed by atoms with Gasteiger partial charge in [-0.1, -0.05) is 283 Å². The van der Waals surface area contributed by atoms with E-state index < -0.39 is 6.10 Å². The smallest absolute Gasteiger partial charge is 0.306 e. The maximum Gasteiger partial charge on any atom is 0.306 e. The summed E-state index contributed by atoms with van der Waals surface area (Å²) >= 11 is 0. The average molecular weight is 1120 g/mol. The van der Waals surface area contributed by atoms with Crippen LogP contribution in [0, 0.1) is 0 Å². The van der Waals surface area contributed by atoms with Crippen LogP contribution in [0.4, 0.5) is 0 Å². The monoisotopic (exact) mass is 1120 g/mol. The number of ether oxygens (including phenoxy) is 3. The van der Waals surface area contributed by atoms with Crippen molar-refractivity contribution in [2.75, 3.05) is 13.2 Å². The maximum absolute atomic E-state index is 13.0. The number of hydrogen-bond acceptors (Lipinski definition) is 6. The van der Waals surface area contributed by atoms with Crippen LogP contribution in [0.2, 0.25) is 0 Å². The summed E-state index contributed by atoms with van der Waals surface area (Å²) in [6.45, 7) is 6.39. The molecule has 0 rings (SSSR count). The molecule has 0 amide bonds. The molecule has 81 heavy (non-hydrogen) atoms. The Kier molecular flexibility index (Phi) is 64.3. The van der Waals surface area contributed by atoms with Crippen molar-refractivity contribution in [3.63, 3.8) is 0 Å². The molecule has 0 saturated heterocycles. The van der Waals surface area contributed by atoms with Crippen LogP contribution in [0.15, 0.2) is 134 Å². The quantitative estimate of drug-likeness (QED) is 0.0261. The van der Waals surface area contributed by atoms with E-state index >= 15 is 0 Å². The molecule has 0 aromatic heterocycles. The van der Waals surface area contributed by atoms with Gasteiger partial charge in [-0.25, -0.2) is 0 Å². The van der Waals surface area contributed by atoms with Crippen molar-refractivity contribution in [3.8, 4) is 0 Å². The Bertz CT molecular complexity index is 1720. The lowest BCUT2D eigenvalue weighted by Gasteiger charge is -2.18. The largest absolute Gasteiger partial charge is 0.462 e. The highest BCUT2D eigenvalue weighted by atomic mass is 16.6. The Morgan fingerprint density at radius 1 is 0.259 bits per heavy atom. The molecule has 0 radical (unpaired) electrons. The second kappa shape index (κ2) is 68.1. The van der Waals surface area contributed by atoms with E-state index in [0.29, 0.717) is 19.3 Å². The van der Waals surface area contributed by atoms with Crippen molar-refractivity contribution in [2.24, 2.45) is 0 Å². The van der Waals surface area contributed by atoms with Gasteiger partial charge in [-0.2, -0.15) is 0 Å². The number of allylic oxidation sites excluding steroid dienone is 22. The summed E-state index contributed by atoms with van der Waals surface area (Å²) in [4.78, 5) is 38.5. The zero-order chi connectivity index (χ0) is 58.5. The first kappa shape index (κ1) is 76.5. The molecule has 460 valence electrons. The molecule has 6 nitrogen and oxygen atoms in total. The van der Waals surface area contributed by atoms with Crippen LogP contribution < -0.4 is 0 Å². The molecule has 1 atom stereocenters. The lowest BCUT2D eigenvalue weighted by Crippen LogP contribution is -2.30. The summed E-state index contributed by atoms with van der Waals surface area (Å²) < 4.78 is 17.0. The van der Waals surface area contributed by atoms with E-state index in [2.05, 4.69) is 154 Å². The Morgan fingerprint density at radius 3 is 0.753 bits per heavy atom. The molecule has 0 saturated carbocycles. The minimum absolute atomic E-state index is 0.0901. The molecule has 0 N–H and O–H groups in total. The van der Waals surface area contributed by atoms with Crippen molar-refractivity contribution < 1.29 is 28.6 Å². The van der Waals surface area contributed by atoms with Crippen molar-refractivity contribution in [1.82, 2.24) is 0 Å². The predicted molar refractivity (Wildman–Crippen MR) is 353 cm³/mol. The number of rotatable bonds is 60. The first-order valence-corrected chi connectivity index (χ1v) is 33.7. The Balaban J connectivity index is 4.42. The fraction of sp³-hybridized carbons (Fsp3) is 0.667. The number of carbonyl (C=O) groups excluding carboxylic acids is 3. The van der Waals surface area contributed by atoms with E-state index in [-0.39, 0.29) is 31.1 Å². The molecular weight excluding hydrogens is 997 g/mol. The van der Waals surface area contributed by atoms with Gasteiger partial charge in [-0.05, 0) is 135 Å². The van der Waals surface area contributed by atoms with Crippen LogP contribution in [0.25, 0.3) is 0 Å². The number of hydrogen-bond donors (Lipinski definition) is 0. The summed E-state index contributed by atoms with van der Waals surface area (Å²) in [5.74, 6) is -0.905. The molecule has 0 heterocycles. The molecule has 0 aromatic carbocycles. The van der Waals surface area contributed by atoms with Crippen molar-refractivity contribution in [1.29, 1.82) is 0 Å².